The van der Waals surface area contributed by atoms with Gasteiger partial charge in [0.2, 0.25) is 0 Å². The zero-order valence-corrected chi connectivity index (χ0v) is 14.3. The second kappa shape index (κ2) is 5.68. The summed E-state index contributed by atoms with van der Waals surface area (Å²) < 4.78 is 13.8. The number of aromatic nitrogens is 3. The molecule has 0 aliphatic rings. The van der Waals surface area contributed by atoms with Gasteiger partial charge in [-0.2, -0.15) is 0 Å². The smallest absolute Gasteiger partial charge is 0.162 e. The number of imidazole rings is 1. The number of thiophene rings is 1. The first-order valence-electron chi connectivity index (χ1n) is 7.42. The lowest BCUT2D eigenvalue weighted by atomic mass is 10.2. The Hall–Kier alpha value is -2.80. The summed E-state index contributed by atoms with van der Waals surface area (Å²) >= 11 is 1.68. The van der Waals surface area contributed by atoms with Crippen molar-refractivity contribution < 1.29 is 9.47 Å². The number of methoxy groups -OCH3 is 2. The highest BCUT2D eigenvalue weighted by molar-refractivity contribution is 7.22. The van der Waals surface area contributed by atoms with Gasteiger partial charge < -0.3 is 14.8 Å². The molecule has 3 heterocycles. The maximum absolute atomic E-state index is 5.39. The van der Waals surface area contributed by atoms with Crippen molar-refractivity contribution in [2.24, 2.45) is 0 Å². The van der Waals surface area contributed by atoms with Gasteiger partial charge in [-0.05, 0) is 29.7 Å². The molecule has 3 aromatic heterocycles. The molecule has 0 saturated carbocycles. The van der Waals surface area contributed by atoms with Crippen LogP contribution >= 0.6 is 11.3 Å². The fraction of sp³-hybridized carbons (Fsp3) is 0.176. The van der Waals surface area contributed by atoms with E-state index in [1.54, 1.807) is 25.6 Å². The van der Waals surface area contributed by atoms with Crippen LogP contribution in [0.3, 0.4) is 0 Å². The zero-order chi connectivity index (χ0) is 16.7. The van der Waals surface area contributed by atoms with Gasteiger partial charge in [-0.15, -0.1) is 16.4 Å². The molecule has 0 atom stereocenters. The van der Waals surface area contributed by atoms with E-state index in [9.17, 15) is 0 Å². The zero-order valence-electron chi connectivity index (χ0n) is 13.5. The van der Waals surface area contributed by atoms with Crippen molar-refractivity contribution in [2.75, 3.05) is 26.6 Å². The molecule has 0 bridgehead atoms. The summed E-state index contributed by atoms with van der Waals surface area (Å²) in [4.78, 5) is 5.53. The Morgan fingerprint density at radius 3 is 2.62 bits per heavy atom. The number of rotatable bonds is 4. The van der Waals surface area contributed by atoms with E-state index in [1.165, 1.54) is 0 Å². The molecule has 24 heavy (non-hydrogen) atoms. The Labute approximate surface area is 142 Å². The molecule has 0 spiro atoms. The van der Waals surface area contributed by atoms with E-state index in [1.807, 2.05) is 42.0 Å². The molecule has 6 nitrogen and oxygen atoms in total. The summed E-state index contributed by atoms with van der Waals surface area (Å²) in [6.45, 7) is 0. The molecule has 0 radical (unpaired) electrons. The summed E-state index contributed by atoms with van der Waals surface area (Å²) in [5, 5.41) is 8.73. The summed E-state index contributed by atoms with van der Waals surface area (Å²) in [5.74, 6) is 2.25. The Kier molecular flexibility index (Phi) is 3.50. The number of nitrogens with one attached hydrogen (secondary N) is 1. The van der Waals surface area contributed by atoms with Gasteiger partial charge in [0.15, 0.2) is 17.1 Å². The average Bonchev–Trinajstić information content (AvgIpc) is 3.22. The number of ether oxygens (including phenoxy) is 2. The number of anilines is 1. The number of benzene rings is 1. The minimum absolute atomic E-state index is 0.725. The van der Waals surface area contributed by atoms with Crippen LogP contribution < -0.4 is 14.8 Å². The van der Waals surface area contributed by atoms with E-state index in [0.717, 1.165) is 43.6 Å². The summed E-state index contributed by atoms with van der Waals surface area (Å²) in [6, 6.07) is 9.97. The molecule has 0 unspecified atom stereocenters. The Morgan fingerprint density at radius 1 is 1.08 bits per heavy atom. The summed E-state index contributed by atoms with van der Waals surface area (Å²) in [7, 11) is 5.14. The normalized spacial score (nSPS) is 11.1. The molecule has 122 valence electrons. The van der Waals surface area contributed by atoms with Crippen LogP contribution in [0.15, 0.2) is 36.5 Å². The maximum atomic E-state index is 5.39. The first-order valence-corrected chi connectivity index (χ1v) is 8.23. The Balaban J connectivity index is 1.90. The highest BCUT2D eigenvalue weighted by atomic mass is 32.1. The van der Waals surface area contributed by atoms with Crippen LogP contribution in [0.4, 0.5) is 5.82 Å². The van der Waals surface area contributed by atoms with Crippen molar-refractivity contribution in [3.8, 4) is 22.1 Å². The van der Waals surface area contributed by atoms with Gasteiger partial charge in [-0.25, -0.2) is 9.50 Å². The first kappa shape index (κ1) is 14.8. The number of hydrogen-bond donors (Lipinski definition) is 1. The van der Waals surface area contributed by atoms with Gasteiger partial charge in [-0.1, -0.05) is 0 Å². The van der Waals surface area contributed by atoms with E-state index >= 15 is 0 Å². The molecule has 0 aliphatic carbocycles. The second-order valence-electron chi connectivity index (χ2n) is 5.24. The SMILES string of the molecule is CNc1ccc2ncc(-c3cc4cc(OC)c(OC)cc4s3)n2n1. The second-order valence-corrected chi connectivity index (χ2v) is 6.32. The Morgan fingerprint density at radius 2 is 1.88 bits per heavy atom. The van der Waals surface area contributed by atoms with Crippen LogP contribution in [0.2, 0.25) is 0 Å². The van der Waals surface area contributed by atoms with Crippen molar-refractivity contribution in [2.45, 2.75) is 0 Å². The van der Waals surface area contributed by atoms with Crippen molar-refractivity contribution in [3.05, 3.63) is 36.5 Å². The molecule has 1 aromatic carbocycles. The Bertz CT molecular complexity index is 997. The van der Waals surface area contributed by atoms with Gasteiger partial charge in [0.1, 0.15) is 11.5 Å². The van der Waals surface area contributed by atoms with E-state index in [2.05, 4.69) is 21.5 Å². The van der Waals surface area contributed by atoms with Crippen LogP contribution in [0, 0.1) is 0 Å². The van der Waals surface area contributed by atoms with E-state index < -0.39 is 0 Å². The standard InChI is InChI=1S/C17H16N4O2S/c1-18-16-4-5-17-19-9-11(21(17)20-16)15-7-10-6-12(22-2)13(23-3)8-14(10)24-15/h4-9H,1-3H3,(H,18,20). The molecule has 7 heteroatoms. The molecule has 4 rings (SSSR count). The topological polar surface area (TPSA) is 60.7 Å². The van der Waals surface area contributed by atoms with E-state index in [-0.39, 0.29) is 0 Å². The lowest BCUT2D eigenvalue weighted by Crippen LogP contribution is -1.99. The molecule has 0 amide bonds. The molecule has 0 fully saturated rings. The van der Waals surface area contributed by atoms with E-state index in [4.69, 9.17) is 9.47 Å². The van der Waals surface area contributed by atoms with Crippen LogP contribution in [-0.2, 0) is 0 Å². The molecule has 0 saturated heterocycles. The number of hydrogen-bond acceptors (Lipinski definition) is 6. The fourth-order valence-electron chi connectivity index (χ4n) is 2.67. The van der Waals surface area contributed by atoms with Gasteiger partial charge in [-0.3, -0.25) is 0 Å². The minimum atomic E-state index is 0.725. The van der Waals surface area contributed by atoms with Crippen molar-refractivity contribution >= 4 is 32.9 Å². The molecule has 4 aromatic rings. The van der Waals surface area contributed by atoms with Gasteiger partial charge >= 0.3 is 0 Å². The predicted octanol–water partition coefficient (Wildman–Crippen LogP) is 3.67. The lowest BCUT2D eigenvalue weighted by molar-refractivity contribution is 0.356. The van der Waals surface area contributed by atoms with Crippen LogP contribution in [0.5, 0.6) is 11.5 Å². The molecule has 0 aliphatic heterocycles. The maximum Gasteiger partial charge on any atom is 0.162 e. The highest BCUT2D eigenvalue weighted by Gasteiger charge is 2.14. The first-order chi connectivity index (χ1) is 11.7. The van der Waals surface area contributed by atoms with Crippen molar-refractivity contribution in [1.29, 1.82) is 0 Å². The average molecular weight is 340 g/mol. The third-order valence-corrected chi connectivity index (χ3v) is 5.01. The third kappa shape index (κ3) is 2.25. The van der Waals surface area contributed by atoms with Gasteiger partial charge in [0.25, 0.3) is 0 Å². The molecular formula is C17H16N4O2S. The summed E-state index contributed by atoms with van der Waals surface area (Å²) in [5.41, 5.74) is 1.78. The number of nitrogens with zero attached hydrogens (tertiary/aromatic N) is 3. The monoisotopic (exact) mass is 340 g/mol. The van der Waals surface area contributed by atoms with Gasteiger partial charge in [0.05, 0.1) is 25.3 Å². The molecule has 1 N–H and O–H groups in total. The lowest BCUT2D eigenvalue weighted by Gasteiger charge is -2.06. The number of fused-ring (bicyclic) bond motifs is 2. The van der Waals surface area contributed by atoms with Crippen LogP contribution in [0.25, 0.3) is 26.3 Å². The van der Waals surface area contributed by atoms with Crippen molar-refractivity contribution in [1.82, 2.24) is 14.6 Å². The summed E-state index contributed by atoms with van der Waals surface area (Å²) in [6.07, 6.45) is 1.85. The van der Waals surface area contributed by atoms with Gasteiger partial charge in [0, 0.05) is 17.8 Å². The predicted molar refractivity (Wildman–Crippen MR) is 96.5 cm³/mol. The fourth-order valence-corrected chi connectivity index (χ4v) is 3.74. The van der Waals surface area contributed by atoms with E-state index in [0.29, 0.717) is 0 Å². The largest absolute Gasteiger partial charge is 0.493 e. The minimum Gasteiger partial charge on any atom is -0.493 e. The highest BCUT2D eigenvalue weighted by Crippen LogP contribution is 2.39. The quantitative estimate of drug-likeness (QED) is 0.614. The third-order valence-electron chi connectivity index (χ3n) is 3.89. The van der Waals surface area contributed by atoms with Crippen LogP contribution in [-0.4, -0.2) is 35.9 Å². The van der Waals surface area contributed by atoms with Crippen LogP contribution in [0.1, 0.15) is 0 Å². The van der Waals surface area contributed by atoms with Crippen molar-refractivity contribution in [3.63, 3.8) is 0 Å². The molecular weight excluding hydrogens is 324 g/mol.